The third-order valence-electron chi connectivity index (χ3n) is 3.98. The molecule has 0 unspecified atom stereocenters. The van der Waals surface area contributed by atoms with E-state index in [0.29, 0.717) is 13.1 Å². The van der Waals surface area contributed by atoms with Crippen LogP contribution in [0, 0.1) is 0 Å². The zero-order valence-electron chi connectivity index (χ0n) is 17.2. The third-order valence-corrected chi connectivity index (χ3v) is 5.12. The highest BCUT2D eigenvalue weighted by Crippen LogP contribution is 2.13. The lowest BCUT2D eigenvalue weighted by molar-refractivity contribution is 0.281. The van der Waals surface area contributed by atoms with E-state index in [2.05, 4.69) is 58.7 Å². The van der Waals surface area contributed by atoms with Crippen LogP contribution in [-0.4, -0.2) is 50.1 Å². The molecule has 28 heavy (non-hydrogen) atoms. The number of halogens is 1. The lowest BCUT2D eigenvalue weighted by Crippen LogP contribution is -2.36. The Hall–Kier alpha value is -1.39. The van der Waals surface area contributed by atoms with Gasteiger partial charge in [-0.15, -0.1) is 35.3 Å². The van der Waals surface area contributed by atoms with E-state index in [0.717, 1.165) is 42.7 Å². The van der Waals surface area contributed by atoms with Crippen LogP contribution >= 0.6 is 35.3 Å². The zero-order valence-corrected chi connectivity index (χ0v) is 20.3. The molecule has 2 N–H and O–H groups in total. The second kappa shape index (κ2) is 13.7. The number of guanidine groups is 1. The van der Waals surface area contributed by atoms with Gasteiger partial charge in [-0.1, -0.05) is 19.1 Å². The first-order chi connectivity index (χ1) is 13.1. The minimum absolute atomic E-state index is 0. The van der Waals surface area contributed by atoms with Crippen molar-refractivity contribution < 1.29 is 4.74 Å². The van der Waals surface area contributed by atoms with E-state index in [9.17, 15) is 0 Å². The molecule has 0 amide bonds. The van der Waals surface area contributed by atoms with Crippen LogP contribution in [0.25, 0.3) is 0 Å². The minimum atomic E-state index is 0. The van der Waals surface area contributed by atoms with E-state index in [1.165, 1.54) is 10.4 Å². The molecule has 0 bridgehead atoms. The molecule has 0 saturated heterocycles. The molecule has 0 aliphatic carbocycles. The molecule has 1 aromatic carbocycles. The predicted octanol–water partition coefficient (Wildman–Crippen LogP) is 3.52. The summed E-state index contributed by atoms with van der Waals surface area (Å²) in [5, 5.41) is 7.71. The van der Waals surface area contributed by atoms with Gasteiger partial charge in [0, 0.05) is 31.2 Å². The summed E-state index contributed by atoms with van der Waals surface area (Å²) in [7, 11) is 5.92. The summed E-state index contributed by atoms with van der Waals surface area (Å²) in [5.41, 5.74) is 1.18. The number of nitrogens with zero attached hydrogens (tertiary/aromatic N) is 3. The lowest BCUT2D eigenvalue weighted by Gasteiger charge is -2.12. The summed E-state index contributed by atoms with van der Waals surface area (Å²) in [4.78, 5) is 12.2. The van der Waals surface area contributed by atoms with Crippen molar-refractivity contribution in [1.29, 1.82) is 0 Å². The van der Waals surface area contributed by atoms with E-state index in [4.69, 9.17) is 4.74 Å². The Labute approximate surface area is 189 Å². The number of aryl methyl sites for hydroxylation is 1. The second-order valence-corrected chi connectivity index (χ2v) is 7.70. The molecule has 0 fully saturated rings. The largest absolute Gasteiger partial charge is 0.494 e. The topological polar surface area (TPSA) is 61.8 Å². The first-order valence-corrected chi connectivity index (χ1v) is 10.2. The molecule has 1 heterocycles. The molecule has 156 valence electrons. The van der Waals surface area contributed by atoms with Gasteiger partial charge in [0.05, 0.1) is 13.2 Å². The van der Waals surface area contributed by atoms with E-state index in [1.54, 1.807) is 18.4 Å². The van der Waals surface area contributed by atoms with Crippen molar-refractivity contribution in [2.75, 3.05) is 34.3 Å². The normalized spacial score (nSPS) is 11.2. The van der Waals surface area contributed by atoms with E-state index in [1.807, 2.05) is 18.3 Å². The maximum atomic E-state index is 5.77. The molecule has 2 aromatic rings. The van der Waals surface area contributed by atoms with Crippen LogP contribution in [0.2, 0.25) is 0 Å². The first kappa shape index (κ1) is 24.6. The molecule has 0 spiro atoms. The maximum absolute atomic E-state index is 5.77. The highest BCUT2D eigenvalue weighted by atomic mass is 127. The van der Waals surface area contributed by atoms with Gasteiger partial charge in [-0.25, -0.2) is 4.98 Å². The predicted molar refractivity (Wildman–Crippen MR) is 129 cm³/mol. The van der Waals surface area contributed by atoms with Crippen molar-refractivity contribution in [3.63, 3.8) is 0 Å². The lowest BCUT2D eigenvalue weighted by atomic mass is 10.2. The van der Waals surface area contributed by atoms with E-state index >= 15 is 0 Å². The van der Waals surface area contributed by atoms with Crippen LogP contribution in [0.5, 0.6) is 5.75 Å². The SMILES string of the molecule is CCc1cnc(CNC(=NC)NCc2ccc(OCCCN(C)C)cc2)s1.I. The number of ether oxygens (including phenoxy) is 1. The Kier molecular flexibility index (Phi) is 12.1. The van der Waals surface area contributed by atoms with Gasteiger partial charge in [0.15, 0.2) is 5.96 Å². The number of nitrogens with one attached hydrogen (secondary N) is 2. The number of thiazole rings is 1. The van der Waals surface area contributed by atoms with E-state index < -0.39 is 0 Å². The van der Waals surface area contributed by atoms with Crippen LogP contribution < -0.4 is 15.4 Å². The Morgan fingerprint density at radius 2 is 1.89 bits per heavy atom. The Morgan fingerprint density at radius 3 is 2.50 bits per heavy atom. The molecule has 2 rings (SSSR count). The fourth-order valence-corrected chi connectivity index (χ4v) is 3.24. The molecule has 0 saturated carbocycles. The molecule has 6 nitrogen and oxygen atoms in total. The number of hydrogen-bond donors (Lipinski definition) is 2. The summed E-state index contributed by atoms with van der Waals surface area (Å²) >= 11 is 1.74. The quantitative estimate of drug-likeness (QED) is 0.219. The van der Waals surface area contributed by atoms with Crippen LogP contribution in [0.15, 0.2) is 35.5 Å². The first-order valence-electron chi connectivity index (χ1n) is 9.35. The van der Waals surface area contributed by atoms with Gasteiger partial charge >= 0.3 is 0 Å². The van der Waals surface area contributed by atoms with Gasteiger partial charge in [0.1, 0.15) is 10.8 Å². The smallest absolute Gasteiger partial charge is 0.191 e. The highest BCUT2D eigenvalue weighted by molar-refractivity contribution is 14.0. The highest BCUT2D eigenvalue weighted by Gasteiger charge is 2.03. The van der Waals surface area contributed by atoms with Crippen LogP contribution in [-0.2, 0) is 19.5 Å². The number of benzene rings is 1. The van der Waals surface area contributed by atoms with Crippen molar-refractivity contribution in [3.05, 3.63) is 45.9 Å². The van der Waals surface area contributed by atoms with Crippen molar-refractivity contribution in [2.45, 2.75) is 32.9 Å². The Bertz CT molecular complexity index is 703. The van der Waals surface area contributed by atoms with Crippen LogP contribution in [0.3, 0.4) is 0 Å². The van der Waals surface area contributed by atoms with Gasteiger partial charge in [-0.3, -0.25) is 4.99 Å². The zero-order chi connectivity index (χ0) is 19.5. The van der Waals surface area contributed by atoms with Crippen molar-refractivity contribution in [3.8, 4) is 5.75 Å². The standard InChI is InChI=1S/C20H31N5OS.HI/c1-5-18-14-22-19(27-18)15-24-20(21-2)23-13-16-7-9-17(10-8-16)26-12-6-11-25(3)4;/h7-10,14H,5-6,11-13,15H2,1-4H3,(H2,21,23,24);1H. The van der Waals surface area contributed by atoms with Gasteiger partial charge in [-0.2, -0.15) is 0 Å². The fraction of sp³-hybridized carbons (Fsp3) is 0.500. The van der Waals surface area contributed by atoms with Crippen molar-refractivity contribution >= 4 is 41.3 Å². The minimum Gasteiger partial charge on any atom is -0.494 e. The average Bonchev–Trinajstić information content (AvgIpc) is 3.14. The number of aliphatic imine (C=N–C) groups is 1. The average molecular weight is 517 g/mol. The van der Waals surface area contributed by atoms with Gasteiger partial charge in [0.25, 0.3) is 0 Å². The Balaban J connectivity index is 0.00000392. The van der Waals surface area contributed by atoms with Gasteiger partial charge in [0.2, 0.25) is 0 Å². The van der Waals surface area contributed by atoms with Crippen molar-refractivity contribution in [1.82, 2.24) is 20.5 Å². The van der Waals surface area contributed by atoms with Crippen molar-refractivity contribution in [2.24, 2.45) is 4.99 Å². The number of rotatable bonds is 10. The number of hydrogen-bond acceptors (Lipinski definition) is 5. The van der Waals surface area contributed by atoms with Gasteiger partial charge < -0.3 is 20.3 Å². The fourth-order valence-electron chi connectivity index (χ4n) is 2.43. The summed E-state index contributed by atoms with van der Waals surface area (Å²) in [6.07, 6.45) is 4.00. The number of aromatic nitrogens is 1. The van der Waals surface area contributed by atoms with Crippen LogP contribution in [0.1, 0.15) is 28.8 Å². The molecular formula is C20H32IN5OS. The third kappa shape index (κ3) is 9.20. The summed E-state index contributed by atoms with van der Waals surface area (Å²) < 4.78 is 5.77. The summed E-state index contributed by atoms with van der Waals surface area (Å²) in [5.74, 6) is 1.68. The Morgan fingerprint density at radius 1 is 1.18 bits per heavy atom. The van der Waals surface area contributed by atoms with E-state index in [-0.39, 0.29) is 24.0 Å². The molecule has 1 aromatic heterocycles. The molecule has 0 aliphatic rings. The molecule has 0 radical (unpaired) electrons. The molecule has 0 atom stereocenters. The summed E-state index contributed by atoms with van der Waals surface area (Å²) in [6.45, 7) is 5.31. The maximum Gasteiger partial charge on any atom is 0.191 e. The monoisotopic (exact) mass is 517 g/mol. The second-order valence-electron chi connectivity index (χ2n) is 6.50. The summed E-state index contributed by atoms with van der Waals surface area (Å²) in [6, 6.07) is 8.20. The molecule has 8 heteroatoms. The molecular weight excluding hydrogens is 485 g/mol. The van der Waals surface area contributed by atoms with Crippen LogP contribution in [0.4, 0.5) is 0 Å². The molecule has 0 aliphatic heterocycles. The van der Waals surface area contributed by atoms with Gasteiger partial charge in [-0.05, 0) is 44.6 Å².